The van der Waals surface area contributed by atoms with E-state index in [1.165, 1.54) is 0 Å². The summed E-state index contributed by atoms with van der Waals surface area (Å²) < 4.78 is 5.06. The third-order valence-corrected chi connectivity index (χ3v) is 3.39. The molecule has 0 aliphatic carbocycles. The van der Waals surface area contributed by atoms with Gasteiger partial charge in [-0.15, -0.1) is 0 Å². The number of aliphatic hydroxyl groups excluding tert-OH is 1. The summed E-state index contributed by atoms with van der Waals surface area (Å²) >= 11 is 0. The van der Waals surface area contributed by atoms with Crippen LogP contribution in [-0.2, 0) is 29.3 Å². The van der Waals surface area contributed by atoms with Crippen LogP contribution in [0.25, 0.3) is 0 Å². The van der Waals surface area contributed by atoms with E-state index in [9.17, 15) is 4.79 Å². The van der Waals surface area contributed by atoms with Crippen LogP contribution in [0.1, 0.15) is 16.7 Å². The predicted molar refractivity (Wildman–Crippen MR) is 89.9 cm³/mol. The third-order valence-electron chi connectivity index (χ3n) is 3.39. The molecule has 2 aromatic carbocycles. The summed E-state index contributed by atoms with van der Waals surface area (Å²) in [6, 6.07) is 15.3. The Balaban J connectivity index is 1.76. The second-order valence-electron chi connectivity index (χ2n) is 5.24. The van der Waals surface area contributed by atoms with Gasteiger partial charge in [-0.1, -0.05) is 36.4 Å². The number of benzene rings is 2. The van der Waals surface area contributed by atoms with Crippen LogP contribution in [0.2, 0.25) is 0 Å². The van der Waals surface area contributed by atoms with Gasteiger partial charge < -0.3 is 20.5 Å². The highest BCUT2D eigenvalue weighted by molar-refractivity contribution is 5.80. The minimum atomic E-state index is -0.0830. The minimum Gasteiger partial charge on any atom is -0.392 e. The van der Waals surface area contributed by atoms with Crippen LogP contribution in [0.4, 0.5) is 5.69 Å². The molecule has 0 aromatic heterocycles. The molecule has 0 saturated carbocycles. The van der Waals surface area contributed by atoms with Gasteiger partial charge in [0.25, 0.3) is 0 Å². The molecular formula is C18H22N2O3. The molecule has 0 atom stereocenters. The van der Waals surface area contributed by atoms with Crippen molar-refractivity contribution in [2.24, 2.45) is 0 Å². The molecule has 5 nitrogen and oxygen atoms in total. The first-order valence-corrected chi connectivity index (χ1v) is 7.48. The summed E-state index contributed by atoms with van der Waals surface area (Å²) in [7, 11) is 1.66. The van der Waals surface area contributed by atoms with Gasteiger partial charge in [-0.25, -0.2) is 0 Å². The topological polar surface area (TPSA) is 70.6 Å². The van der Waals surface area contributed by atoms with Crippen LogP contribution in [0, 0.1) is 0 Å². The molecule has 5 heteroatoms. The van der Waals surface area contributed by atoms with E-state index in [2.05, 4.69) is 10.6 Å². The Labute approximate surface area is 136 Å². The van der Waals surface area contributed by atoms with Gasteiger partial charge >= 0.3 is 0 Å². The monoisotopic (exact) mass is 314 g/mol. The van der Waals surface area contributed by atoms with Crippen molar-refractivity contribution >= 4 is 11.6 Å². The van der Waals surface area contributed by atoms with Gasteiger partial charge in [-0.05, 0) is 28.8 Å². The van der Waals surface area contributed by atoms with Crippen molar-refractivity contribution in [1.29, 1.82) is 0 Å². The molecule has 0 aliphatic rings. The smallest absolute Gasteiger partial charge is 0.239 e. The van der Waals surface area contributed by atoms with E-state index in [-0.39, 0.29) is 19.1 Å². The highest BCUT2D eigenvalue weighted by atomic mass is 16.5. The quantitative estimate of drug-likeness (QED) is 0.697. The molecule has 122 valence electrons. The third kappa shape index (κ3) is 5.73. The Morgan fingerprint density at radius 2 is 1.83 bits per heavy atom. The number of carbonyl (C=O) groups excluding carboxylic acids is 1. The van der Waals surface area contributed by atoms with Gasteiger partial charge in [0, 0.05) is 19.3 Å². The lowest BCUT2D eigenvalue weighted by molar-refractivity contribution is -0.119. The van der Waals surface area contributed by atoms with Crippen molar-refractivity contribution in [2.75, 3.05) is 19.0 Å². The van der Waals surface area contributed by atoms with Crippen molar-refractivity contribution in [3.63, 3.8) is 0 Å². The summed E-state index contributed by atoms with van der Waals surface area (Å²) in [5, 5.41) is 15.0. The maximum absolute atomic E-state index is 11.9. The van der Waals surface area contributed by atoms with Crippen molar-refractivity contribution in [3.05, 3.63) is 65.2 Å². The first-order chi connectivity index (χ1) is 11.2. The van der Waals surface area contributed by atoms with Gasteiger partial charge in [-0.2, -0.15) is 0 Å². The SMILES string of the molecule is COCc1ccc(CNC(=O)CNc2cccc(CO)c2)cc1. The molecule has 0 unspecified atom stereocenters. The zero-order chi connectivity index (χ0) is 16.5. The van der Waals surface area contributed by atoms with E-state index >= 15 is 0 Å². The first-order valence-electron chi connectivity index (χ1n) is 7.48. The maximum Gasteiger partial charge on any atom is 0.239 e. The molecule has 0 heterocycles. The average molecular weight is 314 g/mol. The van der Waals surface area contributed by atoms with Crippen molar-refractivity contribution in [1.82, 2.24) is 5.32 Å². The van der Waals surface area contributed by atoms with E-state index in [0.717, 1.165) is 22.4 Å². The zero-order valence-electron chi connectivity index (χ0n) is 13.2. The highest BCUT2D eigenvalue weighted by Gasteiger charge is 2.02. The number of ether oxygens (including phenoxy) is 1. The Morgan fingerprint density at radius 1 is 1.09 bits per heavy atom. The number of methoxy groups -OCH3 is 1. The molecule has 2 rings (SSSR count). The molecule has 0 aliphatic heterocycles. The Bertz CT molecular complexity index is 626. The van der Waals surface area contributed by atoms with Gasteiger partial charge in [-0.3, -0.25) is 4.79 Å². The predicted octanol–water partition coefficient (Wildman–Crippen LogP) is 2.05. The summed E-state index contributed by atoms with van der Waals surface area (Å²) in [6.45, 7) is 1.26. The molecule has 3 N–H and O–H groups in total. The number of hydrogen-bond donors (Lipinski definition) is 3. The standard InChI is InChI=1S/C18H22N2O3/c1-23-13-15-7-5-14(6-8-15)10-20-18(22)11-19-17-4-2-3-16(9-17)12-21/h2-9,19,21H,10-13H2,1H3,(H,20,22). The molecule has 0 spiro atoms. The van der Waals surface area contributed by atoms with Gasteiger partial charge in [0.15, 0.2) is 0 Å². The fourth-order valence-electron chi connectivity index (χ4n) is 2.15. The second kappa shape index (κ2) is 8.92. The van der Waals surface area contributed by atoms with Gasteiger partial charge in [0.2, 0.25) is 5.91 Å². The van der Waals surface area contributed by atoms with Crippen LogP contribution in [-0.4, -0.2) is 24.7 Å². The Morgan fingerprint density at radius 3 is 2.52 bits per heavy atom. The Hall–Kier alpha value is -2.37. The van der Waals surface area contributed by atoms with Crippen LogP contribution in [0.5, 0.6) is 0 Å². The lowest BCUT2D eigenvalue weighted by atomic mass is 10.1. The summed E-state index contributed by atoms with van der Waals surface area (Å²) in [4.78, 5) is 11.9. The fraction of sp³-hybridized carbons (Fsp3) is 0.278. The Kier molecular flexibility index (Phi) is 6.59. The van der Waals surface area contributed by atoms with Crippen molar-refractivity contribution in [3.8, 4) is 0 Å². The van der Waals surface area contributed by atoms with E-state index in [1.54, 1.807) is 7.11 Å². The summed E-state index contributed by atoms with van der Waals surface area (Å²) in [5.74, 6) is -0.0830. The lowest BCUT2D eigenvalue weighted by Gasteiger charge is -2.09. The molecule has 0 fully saturated rings. The number of carbonyl (C=O) groups is 1. The molecule has 0 bridgehead atoms. The van der Waals surface area contributed by atoms with E-state index in [0.29, 0.717) is 13.2 Å². The van der Waals surface area contributed by atoms with Gasteiger partial charge in [0.05, 0.1) is 19.8 Å². The number of nitrogens with one attached hydrogen (secondary N) is 2. The number of anilines is 1. The summed E-state index contributed by atoms with van der Waals surface area (Å²) in [5.41, 5.74) is 3.77. The van der Waals surface area contributed by atoms with Crippen LogP contribution < -0.4 is 10.6 Å². The van der Waals surface area contributed by atoms with E-state index < -0.39 is 0 Å². The molecular weight excluding hydrogens is 292 g/mol. The van der Waals surface area contributed by atoms with Crippen LogP contribution in [0.3, 0.4) is 0 Å². The highest BCUT2D eigenvalue weighted by Crippen LogP contribution is 2.10. The summed E-state index contributed by atoms with van der Waals surface area (Å²) in [6.07, 6.45) is 0. The molecule has 0 saturated heterocycles. The minimum absolute atomic E-state index is 0.0131. The number of aliphatic hydroxyl groups is 1. The van der Waals surface area contributed by atoms with Crippen LogP contribution in [0.15, 0.2) is 48.5 Å². The van der Waals surface area contributed by atoms with Gasteiger partial charge in [0.1, 0.15) is 0 Å². The van der Waals surface area contributed by atoms with Crippen molar-refractivity contribution < 1.29 is 14.6 Å². The van der Waals surface area contributed by atoms with Crippen molar-refractivity contribution in [2.45, 2.75) is 19.8 Å². The zero-order valence-corrected chi connectivity index (χ0v) is 13.2. The normalized spacial score (nSPS) is 10.3. The van der Waals surface area contributed by atoms with Crippen LogP contribution >= 0.6 is 0 Å². The van der Waals surface area contributed by atoms with E-state index in [4.69, 9.17) is 9.84 Å². The lowest BCUT2D eigenvalue weighted by Crippen LogP contribution is -2.29. The molecule has 1 amide bonds. The molecule has 2 aromatic rings. The first kappa shape index (κ1) is 17.0. The number of rotatable bonds is 8. The number of hydrogen-bond acceptors (Lipinski definition) is 4. The average Bonchev–Trinajstić information content (AvgIpc) is 2.60. The molecule has 0 radical (unpaired) electrons. The second-order valence-corrected chi connectivity index (χ2v) is 5.24. The largest absolute Gasteiger partial charge is 0.392 e. The maximum atomic E-state index is 11.9. The molecule has 23 heavy (non-hydrogen) atoms. The fourth-order valence-corrected chi connectivity index (χ4v) is 2.15. The number of amides is 1. The van der Waals surface area contributed by atoms with E-state index in [1.807, 2.05) is 48.5 Å².